The Morgan fingerprint density at radius 1 is 1.37 bits per heavy atom. The highest BCUT2D eigenvalue weighted by Gasteiger charge is 2.32. The molecule has 0 bridgehead atoms. The van der Waals surface area contributed by atoms with E-state index in [4.69, 9.17) is 0 Å². The molecule has 3 N–H and O–H groups in total. The fraction of sp³-hybridized carbons (Fsp3) is 0.455. The van der Waals surface area contributed by atoms with Crippen molar-refractivity contribution in [3.05, 3.63) is 32.6 Å². The van der Waals surface area contributed by atoms with Gasteiger partial charge in [0, 0.05) is 19.2 Å². The summed E-state index contributed by atoms with van der Waals surface area (Å²) in [7, 11) is 0. The van der Waals surface area contributed by atoms with Crippen molar-refractivity contribution in [2.75, 3.05) is 13.1 Å². The molecule has 2 amide bonds. The summed E-state index contributed by atoms with van der Waals surface area (Å²) in [5.74, 6) is -0.751. The van der Waals surface area contributed by atoms with E-state index in [1.165, 1.54) is 4.90 Å². The zero-order valence-electron chi connectivity index (χ0n) is 10.4. The molecular weight excluding hydrogens is 252 g/mol. The molecule has 0 aliphatic carbocycles. The molecule has 1 aliphatic heterocycles. The number of carbonyl (C=O) groups excluding carboxylic acids is 2. The first-order valence-electron chi connectivity index (χ1n) is 5.95. The second-order valence-electron chi connectivity index (χ2n) is 4.22. The largest absolute Gasteiger partial charge is 0.353 e. The first kappa shape index (κ1) is 13.1. The molecular formula is C11H14N4O4. The van der Waals surface area contributed by atoms with Gasteiger partial charge in [-0.15, -0.1) is 0 Å². The van der Waals surface area contributed by atoms with E-state index in [0.717, 1.165) is 6.07 Å². The average Bonchev–Trinajstić information content (AvgIpc) is 2.36. The fourth-order valence-corrected chi connectivity index (χ4v) is 2.10. The molecule has 102 valence electrons. The van der Waals surface area contributed by atoms with Crippen LogP contribution in [-0.2, 0) is 4.79 Å². The van der Waals surface area contributed by atoms with Crippen molar-refractivity contribution >= 4 is 11.8 Å². The van der Waals surface area contributed by atoms with Gasteiger partial charge in [-0.2, -0.15) is 0 Å². The van der Waals surface area contributed by atoms with Crippen molar-refractivity contribution < 1.29 is 9.59 Å². The summed E-state index contributed by atoms with van der Waals surface area (Å²) < 4.78 is 0. The number of H-pyrrole nitrogens is 2. The number of hydrogen-bond acceptors (Lipinski definition) is 4. The summed E-state index contributed by atoms with van der Waals surface area (Å²) in [5.41, 5.74) is -1.51. The minimum Gasteiger partial charge on any atom is -0.353 e. The summed E-state index contributed by atoms with van der Waals surface area (Å²) in [4.78, 5) is 51.9. The predicted octanol–water partition coefficient (Wildman–Crippen LogP) is -1.59. The lowest BCUT2D eigenvalue weighted by molar-refractivity contribution is -0.127. The molecule has 1 aliphatic rings. The lowest BCUT2D eigenvalue weighted by atomic mass is 10.1. The monoisotopic (exact) mass is 266 g/mol. The molecule has 1 aromatic heterocycles. The highest BCUT2D eigenvalue weighted by Crippen LogP contribution is 2.11. The second kappa shape index (κ2) is 5.09. The van der Waals surface area contributed by atoms with E-state index in [2.05, 4.69) is 10.3 Å². The molecule has 8 nitrogen and oxygen atoms in total. The molecule has 0 spiro atoms. The molecule has 1 atom stereocenters. The van der Waals surface area contributed by atoms with Gasteiger partial charge in [-0.1, -0.05) is 6.92 Å². The Morgan fingerprint density at radius 2 is 2.11 bits per heavy atom. The zero-order valence-corrected chi connectivity index (χ0v) is 10.4. The van der Waals surface area contributed by atoms with Gasteiger partial charge in [-0.3, -0.25) is 19.4 Å². The van der Waals surface area contributed by atoms with Gasteiger partial charge in [0.2, 0.25) is 5.91 Å². The Balaban J connectivity index is 2.34. The van der Waals surface area contributed by atoms with Crippen molar-refractivity contribution in [2.45, 2.75) is 19.4 Å². The Morgan fingerprint density at radius 3 is 2.74 bits per heavy atom. The van der Waals surface area contributed by atoms with Crippen molar-refractivity contribution in [3.8, 4) is 0 Å². The van der Waals surface area contributed by atoms with Gasteiger partial charge in [0.25, 0.3) is 11.5 Å². The van der Waals surface area contributed by atoms with Crippen molar-refractivity contribution in [1.29, 1.82) is 0 Å². The summed E-state index contributed by atoms with van der Waals surface area (Å²) in [6.45, 7) is 2.49. The highest BCUT2D eigenvalue weighted by atomic mass is 16.2. The van der Waals surface area contributed by atoms with Gasteiger partial charge in [0.15, 0.2) is 0 Å². The van der Waals surface area contributed by atoms with E-state index in [-0.39, 0.29) is 11.6 Å². The van der Waals surface area contributed by atoms with Crippen LogP contribution in [0, 0.1) is 0 Å². The predicted molar refractivity (Wildman–Crippen MR) is 65.8 cm³/mol. The maximum Gasteiger partial charge on any atom is 0.326 e. The van der Waals surface area contributed by atoms with Gasteiger partial charge < -0.3 is 15.2 Å². The summed E-state index contributed by atoms with van der Waals surface area (Å²) in [5, 5.41) is 2.67. The smallest absolute Gasteiger partial charge is 0.326 e. The van der Waals surface area contributed by atoms with Crippen LogP contribution in [0.15, 0.2) is 15.7 Å². The molecule has 2 rings (SSSR count). The minimum absolute atomic E-state index is 0.109. The van der Waals surface area contributed by atoms with Gasteiger partial charge in [-0.25, -0.2) is 4.79 Å². The van der Waals surface area contributed by atoms with Gasteiger partial charge in [0.1, 0.15) is 11.7 Å². The van der Waals surface area contributed by atoms with Crippen LogP contribution in [0.1, 0.15) is 23.8 Å². The molecule has 0 radical (unpaired) electrons. The van der Waals surface area contributed by atoms with E-state index >= 15 is 0 Å². The van der Waals surface area contributed by atoms with E-state index in [9.17, 15) is 19.2 Å². The molecule has 0 saturated carbocycles. The van der Waals surface area contributed by atoms with Crippen LogP contribution in [0.25, 0.3) is 0 Å². The number of aromatic nitrogens is 2. The van der Waals surface area contributed by atoms with E-state index in [0.29, 0.717) is 19.5 Å². The number of rotatable bonds is 2. The third-order valence-corrected chi connectivity index (χ3v) is 2.97. The van der Waals surface area contributed by atoms with Crippen LogP contribution in [0.3, 0.4) is 0 Å². The van der Waals surface area contributed by atoms with Crippen LogP contribution in [0.5, 0.6) is 0 Å². The summed E-state index contributed by atoms with van der Waals surface area (Å²) in [6.07, 6.45) is 0.463. The van der Waals surface area contributed by atoms with Crippen LogP contribution in [-0.4, -0.2) is 45.8 Å². The molecule has 1 saturated heterocycles. The maximum atomic E-state index is 12.2. The quantitative estimate of drug-likeness (QED) is 0.598. The average molecular weight is 266 g/mol. The standard InChI is InChI=1S/C11H14N4O4/c1-2-7-9(17)12-3-4-15(7)10(18)6-5-8(16)14-11(19)13-6/h5,7H,2-4H2,1H3,(H,12,17)(H2,13,14,16,19). The molecule has 19 heavy (non-hydrogen) atoms. The van der Waals surface area contributed by atoms with Gasteiger partial charge in [-0.05, 0) is 6.42 Å². The van der Waals surface area contributed by atoms with E-state index in [1.54, 1.807) is 6.92 Å². The number of carbonyl (C=O) groups is 2. The lowest BCUT2D eigenvalue weighted by Crippen LogP contribution is -2.57. The van der Waals surface area contributed by atoms with E-state index < -0.39 is 23.2 Å². The molecule has 2 heterocycles. The Labute approximate surface area is 107 Å². The van der Waals surface area contributed by atoms with Crippen molar-refractivity contribution in [3.63, 3.8) is 0 Å². The number of hydrogen-bond donors (Lipinski definition) is 3. The molecule has 1 unspecified atom stereocenters. The SMILES string of the molecule is CCC1C(=O)NCCN1C(=O)c1cc(=O)[nH]c(=O)[nH]1. The molecule has 1 fully saturated rings. The zero-order chi connectivity index (χ0) is 14.0. The normalized spacial score (nSPS) is 19.1. The van der Waals surface area contributed by atoms with Crippen LogP contribution >= 0.6 is 0 Å². The van der Waals surface area contributed by atoms with E-state index in [1.807, 2.05) is 4.98 Å². The number of aromatic amines is 2. The third kappa shape index (κ3) is 2.56. The van der Waals surface area contributed by atoms with Crippen molar-refractivity contribution in [1.82, 2.24) is 20.2 Å². The molecule has 8 heteroatoms. The fourth-order valence-electron chi connectivity index (χ4n) is 2.10. The first-order valence-corrected chi connectivity index (χ1v) is 5.95. The number of amides is 2. The minimum atomic E-state index is -0.745. The Kier molecular flexibility index (Phi) is 3.50. The van der Waals surface area contributed by atoms with Gasteiger partial charge >= 0.3 is 5.69 Å². The third-order valence-electron chi connectivity index (χ3n) is 2.97. The Hall–Kier alpha value is -2.38. The topological polar surface area (TPSA) is 115 Å². The van der Waals surface area contributed by atoms with Crippen molar-refractivity contribution in [2.24, 2.45) is 0 Å². The first-order chi connectivity index (χ1) is 9.02. The maximum absolute atomic E-state index is 12.2. The molecule has 0 aromatic carbocycles. The number of piperazine rings is 1. The second-order valence-corrected chi connectivity index (χ2v) is 4.22. The molecule has 1 aromatic rings. The highest BCUT2D eigenvalue weighted by molar-refractivity contribution is 5.96. The van der Waals surface area contributed by atoms with Crippen LogP contribution in [0.2, 0.25) is 0 Å². The summed E-state index contributed by atoms with van der Waals surface area (Å²) in [6, 6.07) is 0.437. The van der Waals surface area contributed by atoms with Crippen LogP contribution in [0.4, 0.5) is 0 Å². The Bertz CT molecular complexity index is 589. The number of nitrogens with one attached hydrogen (secondary N) is 3. The summed E-state index contributed by atoms with van der Waals surface area (Å²) >= 11 is 0. The lowest BCUT2D eigenvalue weighted by Gasteiger charge is -2.34. The van der Waals surface area contributed by atoms with Crippen LogP contribution < -0.4 is 16.6 Å². The number of nitrogens with zero attached hydrogens (tertiary/aromatic N) is 1. The van der Waals surface area contributed by atoms with Gasteiger partial charge in [0.05, 0.1) is 0 Å².